The summed E-state index contributed by atoms with van der Waals surface area (Å²) in [5.41, 5.74) is 0.482. The first-order chi connectivity index (χ1) is 11.4. The molecular weight excluding hydrogens is 338 g/mol. The molecule has 0 radical (unpaired) electrons. The molecule has 8 nitrogen and oxygen atoms in total. The first kappa shape index (κ1) is 17.9. The van der Waals surface area contributed by atoms with E-state index in [-0.39, 0.29) is 18.1 Å². The molecule has 130 valence electrons. The summed E-state index contributed by atoms with van der Waals surface area (Å²) in [6.07, 6.45) is 1.05. The van der Waals surface area contributed by atoms with Crippen LogP contribution in [0.5, 0.6) is 5.75 Å². The van der Waals surface area contributed by atoms with E-state index in [2.05, 4.69) is 5.32 Å². The molecule has 0 aromatic heterocycles. The maximum Gasteiger partial charge on any atom is 0.344 e. The second-order valence-corrected chi connectivity index (χ2v) is 7.53. The number of nitrogens with one attached hydrogen (secondary N) is 1. The summed E-state index contributed by atoms with van der Waals surface area (Å²) in [5, 5.41) is 2.51. The van der Waals surface area contributed by atoms with Crippen molar-refractivity contribution < 1.29 is 32.3 Å². The van der Waals surface area contributed by atoms with E-state index in [0.717, 1.165) is 0 Å². The number of aldehydes is 1. The lowest BCUT2D eigenvalue weighted by Crippen LogP contribution is -2.38. The summed E-state index contributed by atoms with van der Waals surface area (Å²) < 4.78 is 32.5. The third-order valence-electron chi connectivity index (χ3n) is 3.33. The first-order valence-electron chi connectivity index (χ1n) is 7.21. The van der Waals surface area contributed by atoms with Crippen molar-refractivity contribution in [1.29, 1.82) is 0 Å². The molecule has 1 amide bonds. The zero-order chi connectivity index (χ0) is 17.6. The molecule has 0 aliphatic carbocycles. The van der Waals surface area contributed by atoms with Gasteiger partial charge in [-0.2, -0.15) is 0 Å². The van der Waals surface area contributed by atoms with E-state index >= 15 is 0 Å². The Balaban J connectivity index is 1.67. The Bertz CT molecular complexity index is 712. The smallest absolute Gasteiger partial charge is 0.344 e. The summed E-state index contributed by atoms with van der Waals surface area (Å²) in [4.78, 5) is 33.6. The molecule has 1 N–H and O–H groups in total. The van der Waals surface area contributed by atoms with Crippen LogP contribution in [0.25, 0.3) is 0 Å². The van der Waals surface area contributed by atoms with Gasteiger partial charge in [0, 0.05) is 11.6 Å². The van der Waals surface area contributed by atoms with Gasteiger partial charge in [-0.25, -0.2) is 13.2 Å². The number of esters is 1. The standard InChI is InChI=1S/C15H17NO7S/c17-7-11-1-3-13(4-2-11)22-9-15(19)23-8-14(18)16-12-5-6-24(20,21)10-12/h1-4,7,12H,5-6,8-10H2,(H,16,18). The summed E-state index contributed by atoms with van der Waals surface area (Å²) in [5.74, 6) is -0.941. The highest BCUT2D eigenvalue weighted by molar-refractivity contribution is 7.91. The highest BCUT2D eigenvalue weighted by Gasteiger charge is 2.29. The molecule has 1 heterocycles. The molecule has 9 heteroatoms. The van der Waals surface area contributed by atoms with Crippen LogP contribution in [0.3, 0.4) is 0 Å². The molecule has 1 saturated heterocycles. The molecule has 1 atom stereocenters. The van der Waals surface area contributed by atoms with Crippen molar-refractivity contribution in [3.8, 4) is 5.75 Å². The van der Waals surface area contributed by atoms with E-state index < -0.39 is 34.4 Å². The van der Waals surface area contributed by atoms with Gasteiger partial charge in [-0.15, -0.1) is 0 Å². The second kappa shape index (κ2) is 7.91. The van der Waals surface area contributed by atoms with Gasteiger partial charge in [-0.3, -0.25) is 9.59 Å². The van der Waals surface area contributed by atoms with Gasteiger partial charge in [-0.05, 0) is 30.7 Å². The van der Waals surface area contributed by atoms with Gasteiger partial charge in [0.05, 0.1) is 11.5 Å². The number of amides is 1. The van der Waals surface area contributed by atoms with Crippen molar-refractivity contribution in [1.82, 2.24) is 5.32 Å². The molecule has 0 spiro atoms. The molecule has 1 unspecified atom stereocenters. The van der Waals surface area contributed by atoms with Crippen LogP contribution in [0.2, 0.25) is 0 Å². The molecule has 1 aliphatic heterocycles. The SMILES string of the molecule is O=Cc1ccc(OCC(=O)OCC(=O)NC2CCS(=O)(=O)C2)cc1. The van der Waals surface area contributed by atoms with Crippen LogP contribution in [0.15, 0.2) is 24.3 Å². The van der Waals surface area contributed by atoms with Gasteiger partial charge < -0.3 is 14.8 Å². The predicted octanol–water partition coefficient (Wildman–Crippen LogP) is -0.276. The van der Waals surface area contributed by atoms with Crippen LogP contribution < -0.4 is 10.1 Å². The summed E-state index contributed by atoms with van der Waals surface area (Å²) >= 11 is 0. The maximum atomic E-state index is 11.6. The zero-order valence-corrected chi connectivity index (χ0v) is 13.6. The summed E-state index contributed by atoms with van der Waals surface area (Å²) in [7, 11) is -3.08. The number of hydrogen-bond donors (Lipinski definition) is 1. The van der Waals surface area contributed by atoms with E-state index in [1.54, 1.807) is 0 Å². The number of benzene rings is 1. The van der Waals surface area contributed by atoms with Gasteiger partial charge in [-0.1, -0.05) is 0 Å². The van der Waals surface area contributed by atoms with Crippen molar-refractivity contribution in [2.45, 2.75) is 12.5 Å². The van der Waals surface area contributed by atoms with Crippen LogP contribution in [0.4, 0.5) is 0 Å². The van der Waals surface area contributed by atoms with Crippen molar-refractivity contribution >= 4 is 28.0 Å². The first-order valence-corrected chi connectivity index (χ1v) is 9.03. The lowest BCUT2D eigenvalue weighted by atomic mass is 10.2. The van der Waals surface area contributed by atoms with Crippen LogP contribution in [-0.2, 0) is 24.2 Å². The minimum atomic E-state index is -3.08. The Kier molecular flexibility index (Phi) is 5.91. The Morgan fingerprint density at radius 2 is 1.92 bits per heavy atom. The monoisotopic (exact) mass is 355 g/mol. The van der Waals surface area contributed by atoms with Gasteiger partial charge >= 0.3 is 5.97 Å². The molecule has 0 saturated carbocycles. The van der Waals surface area contributed by atoms with Crippen LogP contribution in [-0.4, -0.2) is 57.3 Å². The Hall–Kier alpha value is -2.42. The number of carbonyl (C=O) groups is 3. The average Bonchev–Trinajstić information content (AvgIpc) is 2.90. The average molecular weight is 355 g/mol. The number of sulfone groups is 1. The minimum Gasteiger partial charge on any atom is -0.482 e. The molecule has 24 heavy (non-hydrogen) atoms. The predicted molar refractivity (Wildman–Crippen MR) is 83.5 cm³/mol. The van der Waals surface area contributed by atoms with Gasteiger partial charge in [0.25, 0.3) is 5.91 Å². The number of hydrogen-bond acceptors (Lipinski definition) is 7. The molecule has 1 aromatic rings. The topological polar surface area (TPSA) is 116 Å². The number of carbonyl (C=O) groups excluding carboxylic acids is 3. The number of rotatable bonds is 7. The lowest BCUT2D eigenvalue weighted by Gasteiger charge is -2.11. The minimum absolute atomic E-state index is 0.0501. The molecule has 1 aromatic carbocycles. The summed E-state index contributed by atoms with van der Waals surface area (Å²) in [6.45, 7) is -0.881. The lowest BCUT2D eigenvalue weighted by molar-refractivity contribution is -0.150. The van der Waals surface area contributed by atoms with Crippen LogP contribution >= 0.6 is 0 Å². The van der Waals surface area contributed by atoms with E-state index in [1.807, 2.05) is 0 Å². The van der Waals surface area contributed by atoms with E-state index in [9.17, 15) is 22.8 Å². The fourth-order valence-corrected chi connectivity index (χ4v) is 3.82. The largest absolute Gasteiger partial charge is 0.482 e. The number of ether oxygens (including phenoxy) is 2. The Morgan fingerprint density at radius 1 is 1.21 bits per heavy atom. The van der Waals surface area contributed by atoms with Gasteiger partial charge in [0.1, 0.15) is 12.0 Å². The van der Waals surface area contributed by atoms with Gasteiger partial charge in [0.2, 0.25) is 0 Å². The molecule has 1 fully saturated rings. The van der Waals surface area contributed by atoms with E-state index in [4.69, 9.17) is 9.47 Å². The van der Waals surface area contributed by atoms with Crippen molar-refractivity contribution in [3.05, 3.63) is 29.8 Å². The third kappa shape index (κ3) is 5.65. The fourth-order valence-electron chi connectivity index (χ4n) is 2.15. The zero-order valence-electron chi connectivity index (χ0n) is 12.8. The Morgan fingerprint density at radius 3 is 2.50 bits per heavy atom. The molecule has 0 bridgehead atoms. The fraction of sp³-hybridized carbons (Fsp3) is 0.400. The highest BCUT2D eigenvalue weighted by Crippen LogP contribution is 2.12. The molecule has 1 aliphatic rings. The quantitative estimate of drug-likeness (QED) is 0.528. The van der Waals surface area contributed by atoms with Crippen molar-refractivity contribution in [2.24, 2.45) is 0 Å². The van der Waals surface area contributed by atoms with Crippen LogP contribution in [0, 0.1) is 0 Å². The maximum absolute atomic E-state index is 11.6. The van der Waals surface area contributed by atoms with Gasteiger partial charge in [0.15, 0.2) is 23.1 Å². The Labute approximate surface area is 139 Å². The van der Waals surface area contributed by atoms with E-state index in [1.165, 1.54) is 24.3 Å². The second-order valence-electron chi connectivity index (χ2n) is 5.30. The third-order valence-corrected chi connectivity index (χ3v) is 5.10. The molecule has 2 rings (SSSR count). The van der Waals surface area contributed by atoms with Crippen molar-refractivity contribution in [3.63, 3.8) is 0 Å². The van der Waals surface area contributed by atoms with E-state index in [0.29, 0.717) is 24.0 Å². The van der Waals surface area contributed by atoms with Crippen LogP contribution in [0.1, 0.15) is 16.8 Å². The molecular formula is C15H17NO7S. The van der Waals surface area contributed by atoms with Crippen molar-refractivity contribution in [2.75, 3.05) is 24.7 Å². The highest BCUT2D eigenvalue weighted by atomic mass is 32.2. The normalized spacial score (nSPS) is 18.6. The summed E-state index contributed by atoms with van der Waals surface area (Å²) in [6, 6.07) is 5.70.